The van der Waals surface area contributed by atoms with Gasteiger partial charge in [0.2, 0.25) is 0 Å². The Balaban J connectivity index is 1.73. The van der Waals surface area contributed by atoms with Crippen LogP contribution in [-0.2, 0) is 6.42 Å². The molecule has 0 fully saturated rings. The van der Waals surface area contributed by atoms with Crippen molar-refractivity contribution in [2.45, 2.75) is 19.8 Å². The summed E-state index contributed by atoms with van der Waals surface area (Å²) in [7, 11) is 0. The molecular weight excluding hydrogens is 270 g/mol. The van der Waals surface area contributed by atoms with Gasteiger partial charge in [0.25, 0.3) is 5.91 Å². The first-order valence-electron chi connectivity index (χ1n) is 5.69. The van der Waals surface area contributed by atoms with Crippen molar-refractivity contribution in [3.63, 3.8) is 0 Å². The van der Waals surface area contributed by atoms with Crippen LogP contribution in [0.25, 0.3) is 0 Å². The molecule has 2 aromatic heterocycles. The second-order valence-corrected chi connectivity index (χ2v) is 5.70. The molecule has 0 spiro atoms. The summed E-state index contributed by atoms with van der Waals surface area (Å²) in [6.07, 6.45) is 3.63. The molecule has 0 aliphatic carbocycles. The summed E-state index contributed by atoms with van der Waals surface area (Å²) in [5.74, 6) is -0.0594. The molecule has 0 aliphatic heterocycles. The summed E-state index contributed by atoms with van der Waals surface area (Å²) in [6, 6.07) is 3.47. The summed E-state index contributed by atoms with van der Waals surface area (Å²) in [5.41, 5.74) is 2.29. The van der Waals surface area contributed by atoms with Gasteiger partial charge in [-0.1, -0.05) is 11.6 Å². The van der Waals surface area contributed by atoms with Gasteiger partial charge in [-0.3, -0.25) is 9.89 Å². The molecule has 2 rings (SSSR count). The second-order valence-electron chi connectivity index (χ2n) is 3.98. The van der Waals surface area contributed by atoms with Crippen LogP contribution >= 0.6 is 22.9 Å². The predicted molar refractivity (Wildman–Crippen MR) is 73.3 cm³/mol. The Hall–Kier alpha value is -1.33. The van der Waals surface area contributed by atoms with Gasteiger partial charge in [-0.25, -0.2) is 0 Å². The predicted octanol–water partition coefficient (Wildman–Crippen LogP) is 2.80. The third-order valence-electron chi connectivity index (χ3n) is 2.64. The van der Waals surface area contributed by atoms with E-state index in [0.29, 0.717) is 15.8 Å². The highest BCUT2D eigenvalue weighted by molar-refractivity contribution is 7.17. The number of amides is 1. The number of H-pyrrole nitrogens is 1. The molecule has 1 amide bonds. The van der Waals surface area contributed by atoms with Crippen LogP contribution in [0, 0.1) is 6.92 Å². The van der Waals surface area contributed by atoms with E-state index in [4.69, 9.17) is 11.6 Å². The summed E-state index contributed by atoms with van der Waals surface area (Å²) in [4.78, 5) is 12.4. The molecule has 18 heavy (non-hydrogen) atoms. The monoisotopic (exact) mass is 283 g/mol. The Bertz CT molecular complexity index is 535. The lowest BCUT2D eigenvalue weighted by molar-refractivity contribution is 0.0957. The van der Waals surface area contributed by atoms with E-state index < -0.39 is 0 Å². The molecular formula is C12H14ClN3OS. The van der Waals surface area contributed by atoms with Crippen molar-refractivity contribution in [2.24, 2.45) is 0 Å². The number of carbonyl (C=O) groups excluding carboxylic acids is 1. The molecule has 0 saturated carbocycles. The Morgan fingerprint density at radius 1 is 1.56 bits per heavy atom. The molecule has 0 saturated heterocycles. The summed E-state index contributed by atoms with van der Waals surface area (Å²) >= 11 is 7.07. The molecule has 2 N–H and O–H groups in total. The molecule has 0 aromatic carbocycles. The standard InChI is InChI=1S/C12H14ClN3OS/c1-8-9(7-15-16-8)3-2-6-14-12(17)10-4-5-11(13)18-10/h4-5,7H,2-3,6H2,1H3,(H,14,17)(H,15,16). The van der Waals surface area contributed by atoms with Crippen molar-refractivity contribution in [2.75, 3.05) is 6.54 Å². The summed E-state index contributed by atoms with van der Waals surface area (Å²) in [5, 5.41) is 9.73. The SMILES string of the molecule is Cc1[nH]ncc1CCCNC(=O)c1ccc(Cl)s1. The van der Waals surface area contributed by atoms with Crippen LogP contribution in [-0.4, -0.2) is 22.6 Å². The number of rotatable bonds is 5. The number of nitrogens with one attached hydrogen (secondary N) is 2. The molecule has 96 valence electrons. The fraction of sp³-hybridized carbons (Fsp3) is 0.333. The lowest BCUT2D eigenvalue weighted by Gasteiger charge is -2.03. The number of carbonyl (C=O) groups is 1. The maximum Gasteiger partial charge on any atom is 0.261 e. The lowest BCUT2D eigenvalue weighted by atomic mass is 10.1. The number of nitrogens with zero attached hydrogens (tertiary/aromatic N) is 1. The van der Waals surface area contributed by atoms with Gasteiger partial charge in [0, 0.05) is 12.2 Å². The lowest BCUT2D eigenvalue weighted by Crippen LogP contribution is -2.23. The maximum absolute atomic E-state index is 11.7. The van der Waals surface area contributed by atoms with Crippen LogP contribution in [0.15, 0.2) is 18.3 Å². The second kappa shape index (κ2) is 6.02. The third-order valence-corrected chi connectivity index (χ3v) is 3.87. The summed E-state index contributed by atoms with van der Waals surface area (Å²) in [6.45, 7) is 2.65. The van der Waals surface area contributed by atoms with E-state index in [-0.39, 0.29) is 5.91 Å². The van der Waals surface area contributed by atoms with Crippen molar-refractivity contribution >= 4 is 28.8 Å². The van der Waals surface area contributed by atoms with Gasteiger partial charge in [0.05, 0.1) is 15.4 Å². The van der Waals surface area contributed by atoms with Crippen molar-refractivity contribution in [3.05, 3.63) is 38.8 Å². The number of halogens is 1. The first kappa shape index (κ1) is 13.1. The molecule has 0 unspecified atom stereocenters. The molecule has 0 radical (unpaired) electrons. The molecule has 0 aliphatic rings. The Labute approximate surface area is 114 Å². The minimum Gasteiger partial charge on any atom is -0.351 e. The molecule has 6 heteroatoms. The van der Waals surface area contributed by atoms with Gasteiger partial charge in [-0.15, -0.1) is 11.3 Å². The number of aromatic amines is 1. The van der Waals surface area contributed by atoms with Gasteiger partial charge >= 0.3 is 0 Å². The van der Waals surface area contributed by atoms with E-state index in [1.165, 1.54) is 16.9 Å². The van der Waals surface area contributed by atoms with Crippen molar-refractivity contribution < 1.29 is 4.79 Å². The van der Waals surface area contributed by atoms with Crippen LogP contribution < -0.4 is 5.32 Å². The van der Waals surface area contributed by atoms with E-state index in [9.17, 15) is 4.79 Å². The zero-order chi connectivity index (χ0) is 13.0. The normalized spacial score (nSPS) is 10.6. The van der Waals surface area contributed by atoms with Gasteiger partial charge in [0.15, 0.2) is 0 Å². The number of hydrogen-bond donors (Lipinski definition) is 2. The highest BCUT2D eigenvalue weighted by Crippen LogP contribution is 2.21. The first-order chi connectivity index (χ1) is 8.66. The number of aromatic nitrogens is 2. The Morgan fingerprint density at radius 2 is 2.39 bits per heavy atom. The average Bonchev–Trinajstić information content (AvgIpc) is 2.94. The van der Waals surface area contributed by atoms with Crippen molar-refractivity contribution in [1.82, 2.24) is 15.5 Å². The zero-order valence-electron chi connectivity index (χ0n) is 10.00. The highest BCUT2D eigenvalue weighted by Gasteiger charge is 2.07. The largest absolute Gasteiger partial charge is 0.351 e. The molecule has 4 nitrogen and oxygen atoms in total. The van der Waals surface area contributed by atoms with Crippen LogP contribution in [0.2, 0.25) is 4.34 Å². The first-order valence-corrected chi connectivity index (χ1v) is 6.88. The van der Waals surface area contributed by atoms with E-state index in [2.05, 4.69) is 15.5 Å². The third kappa shape index (κ3) is 3.34. The maximum atomic E-state index is 11.7. The Morgan fingerprint density at radius 3 is 3.00 bits per heavy atom. The van der Waals surface area contributed by atoms with Crippen molar-refractivity contribution in [1.29, 1.82) is 0 Å². The average molecular weight is 284 g/mol. The van der Waals surface area contributed by atoms with E-state index in [1.807, 2.05) is 13.1 Å². The fourth-order valence-electron chi connectivity index (χ4n) is 1.63. The van der Waals surface area contributed by atoms with Gasteiger partial charge in [-0.2, -0.15) is 5.10 Å². The number of aryl methyl sites for hydroxylation is 2. The molecule has 2 aromatic rings. The summed E-state index contributed by atoms with van der Waals surface area (Å²) < 4.78 is 0.633. The quantitative estimate of drug-likeness (QED) is 0.829. The van der Waals surface area contributed by atoms with E-state index >= 15 is 0 Å². The van der Waals surface area contributed by atoms with Crippen LogP contribution in [0.4, 0.5) is 0 Å². The fourth-order valence-corrected chi connectivity index (χ4v) is 2.59. The topological polar surface area (TPSA) is 57.8 Å². The molecule has 2 heterocycles. The smallest absolute Gasteiger partial charge is 0.261 e. The molecule has 0 atom stereocenters. The van der Waals surface area contributed by atoms with Crippen molar-refractivity contribution in [3.8, 4) is 0 Å². The highest BCUT2D eigenvalue weighted by atomic mass is 35.5. The number of hydrogen-bond acceptors (Lipinski definition) is 3. The van der Waals surface area contributed by atoms with E-state index in [0.717, 1.165) is 18.5 Å². The minimum absolute atomic E-state index is 0.0594. The minimum atomic E-state index is -0.0594. The van der Waals surface area contributed by atoms with Gasteiger partial charge in [0.1, 0.15) is 0 Å². The van der Waals surface area contributed by atoms with Crippen LogP contribution in [0.1, 0.15) is 27.3 Å². The Kier molecular flexibility index (Phi) is 4.38. The zero-order valence-corrected chi connectivity index (χ0v) is 11.6. The molecule has 0 bridgehead atoms. The number of thiophene rings is 1. The van der Waals surface area contributed by atoms with Crippen LogP contribution in [0.3, 0.4) is 0 Å². The van der Waals surface area contributed by atoms with Gasteiger partial charge < -0.3 is 5.32 Å². The van der Waals surface area contributed by atoms with E-state index in [1.54, 1.807) is 12.1 Å². The van der Waals surface area contributed by atoms with Crippen LogP contribution in [0.5, 0.6) is 0 Å². The van der Waals surface area contributed by atoms with Gasteiger partial charge in [-0.05, 0) is 37.5 Å².